The molecule has 3 aromatic rings. The Morgan fingerprint density at radius 2 is 1.57 bits per heavy atom. The molecule has 0 bridgehead atoms. The SMILES string of the molecule is Cc1ccc(C)c(CC(=O)N(Cc2ccc(Cl)cc2)[C@H](Cc2ccccc2)C(=O)NC(C)(C)C)c1. The summed E-state index contributed by atoms with van der Waals surface area (Å²) in [6, 6.07) is 22.7. The standard InChI is InChI=1S/C30H35ClN2O2/c1-21-11-12-22(2)25(17-21)19-28(34)33(20-24-13-15-26(31)16-14-24)27(29(35)32-30(3,4)5)18-23-9-7-6-8-10-23/h6-17,27H,18-20H2,1-5H3,(H,32,35)/t27-/m1/s1. The lowest BCUT2D eigenvalue weighted by atomic mass is 9.98. The van der Waals surface area contributed by atoms with Gasteiger partial charge in [-0.1, -0.05) is 77.8 Å². The molecular formula is C30H35ClN2O2. The smallest absolute Gasteiger partial charge is 0.243 e. The van der Waals surface area contributed by atoms with Crippen molar-refractivity contribution in [1.82, 2.24) is 10.2 Å². The highest BCUT2D eigenvalue weighted by Crippen LogP contribution is 2.20. The van der Waals surface area contributed by atoms with Crippen molar-refractivity contribution in [2.45, 2.75) is 65.6 Å². The number of carbonyl (C=O) groups is 2. The second-order valence-electron chi connectivity index (χ2n) is 10.2. The van der Waals surface area contributed by atoms with E-state index in [1.807, 2.05) is 101 Å². The van der Waals surface area contributed by atoms with Crippen LogP contribution < -0.4 is 5.32 Å². The fourth-order valence-corrected chi connectivity index (χ4v) is 4.17. The van der Waals surface area contributed by atoms with E-state index in [0.717, 1.165) is 27.8 Å². The molecule has 3 rings (SSSR count). The first-order chi connectivity index (χ1) is 16.5. The van der Waals surface area contributed by atoms with Gasteiger partial charge in [-0.2, -0.15) is 0 Å². The van der Waals surface area contributed by atoms with Gasteiger partial charge < -0.3 is 10.2 Å². The Kier molecular flexibility index (Phi) is 8.74. The van der Waals surface area contributed by atoms with Crippen molar-refractivity contribution in [1.29, 1.82) is 0 Å². The monoisotopic (exact) mass is 490 g/mol. The van der Waals surface area contributed by atoms with Crippen LogP contribution >= 0.6 is 11.6 Å². The maximum absolute atomic E-state index is 13.9. The molecule has 3 aromatic carbocycles. The third-order valence-electron chi connectivity index (χ3n) is 5.88. The highest BCUT2D eigenvalue weighted by molar-refractivity contribution is 6.30. The first kappa shape index (κ1) is 26.5. The normalized spacial score (nSPS) is 12.2. The molecular weight excluding hydrogens is 456 g/mol. The molecule has 0 aliphatic carbocycles. The number of nitrogens with zero attached hydrogens (tertiary/aromatic N) is 1. The van der Waals surface area contributed by atoms with Crippen molar-refractivity contribution in [2.75, 3.05) is 0 Å². The average molecular weight is 491 g/mol. The summed E-state index contributed by atoms with van der Waals surface area (Å²) in [5.74, 6) is -0.247. The zero-order valence-corrected chi connectivity index (χ0v) is 22.0. The van der Waals surface area contributed by atoms with Gasteiger partial charge in [-0.25, -0.2) is 0 Å². The van der Waals surface area contributed by atoms with Crippen molar-refractivity contribution >= 4 is 23.4 Å². The van der Waals surface area contributed by atoms with Gasteiger partial charge in [0.2, 0.25) is 11.8 Å². The van der Waals surface area contributed by atoms with Crippen LogP contribution in [-0.2, 0) is 29.0 Å². The number of carbonyl (C=O) groups excluding carboxylic acids is 2. The van der Waals surface area contributed by atoms with Crippen LogP contribution in [0.25, 0.3) is 0 Å². The number of hydrogen-bond acceptors (Lipinski definition) is 2. The summed E-state index contributed by atoms with van der Waals surface area (Å²) in [5.41, 5.74) is 4.65. The van der Waals surface area contributed by atoms with E-state index in [1.54, 1.807) is 4.90 Å². The molecule has 0 unspecified atom stereocenters. The second kappa shape index (κ2) is 11.5. The highest BCUT2D eigenvalue weighted by Gasteiger charge is 2.32. The van der Waals surface area contributed by atoms with Crippen molar-refractivity contribution in [3.63, 3.8) is 0 Å². The second-order valence-corrected chi connectivity index (χ2v) is 10.6. The molecule has 0 aliphatic rings. The van der Waals surface area contributed by atoms with Gasteiger partial charge >= 0.3 is 0 Å². The van der Waals surface area contributed by atoms with Crippen LogP contribution in [0.2, 0.25) is 5.02 Å². The first-order valence-corrected chi connectivity index (χ1v) is 12.4. The van der Waals surface area contributed by atoms with E-state index in [1.165, 1.54) is 0 Å². The lowest BCUT2D eigenvalue weighted by Gasteiger charge is -2.34. The predicted molar refractivity (Wildman–Crippen MR) is 143 cm³/mol. The number of benzene rings is 3. The number of amides is 2. The Bertz CT molecular complexity index is 1150. The fourth-order valence-electron chi connectivity index (χ4n) is 4.05. The maximum Gasteiger partial charge on any atom is 0.243 e. The third-order valence-corrected chi connectivity index (χ3v) is 6.13. The van der Waals surface area contributed by atoms with Gasteiger partial charge in [0.05, 0.1) is 6.42 Å². The minimum absolute atomic E-state index is 0.0846. The van der Waals surface area contributed by atoms with Crippen LogP contribution in [0, 0.1) is 13.8 Å². The molecule has 35 heavy (non-hydrogen) atoms. The Balaban J connectivity index is 2.01. The topological polar surface area (TPSA) is 49.4 Å². The molecule has 0 saturated heterocycles. The molecule has 0 aliphatic heterocycles. The van der Waals surface area contributed by atoms with Gasteiger partial charge in [-0.05, 0) is 69.0 Å². The van der Waals surface area contributed by atoms with Crippen LogP contribution in [0.1, 0.15) is 48.6 Å². The molecule has 0 aromatic heterocycles. The van der Waals surface area contributed by atoms with E-state index in [0.29, 0.717) is 18.0 Å². The van der Waals surface area contributed by atoms with E-state index in [-0.39, 0.29) is 18.2 Å². The van der Waals surface area contributed by atoms with Gasteiger partial charge in [-0.3, -0.25) is 9.59 Å². The van der Waals surface area contributed by atoms with E-state index in [9.17, 15) is 9.59 Å². The van der Waals surface area contributed by atoms with Gasteiger partial charge in [0.25, 0.3) is 0 Å². The lowest BCUT2D eigenvalue weighted by molar-refractivity contribution is -0.141. The molecule has 0 fully saturated rings. The fraction of sp³-hybridized carbons (Fsp3) is 0.333. The molecule has 0 radical (unpaired) electrons. The number of nitrogens with one attached hydrogen (secondary N) is 1. The van der Waals surface area contributed by atoms with Crippen molar-refractivity contribution in [2.24, 2.45) is 0 Å². The summed E-state index contributed by atoms with van der Waals surface area (Å²) in [6.07, 6.45) is 0.657. The number of aryl methyl sites for hydroxylation is 2. The van der Waals surface area contributed by atoms with Gasteiger partial charge in [0, 0.05) is 23.5 Å². The predicted octanol–water partition coefficient (Wildman–Crippen LogP) is 6.05. The number of hydrogen-bond donors (Lipinski definition) is 1. The quantitative estimate of drug-likeness (QED) is 0.417. The van der Waals surface area contributed by atoms with E-state index in [4.69, 9.17) is 11.6 Å². The average Bonchev–Trinajstić information content (AvgIpc) is 2.79. The molecule has 0 spiro atoms. The van der Waals surface area contributed by atoms with E-state index < -0.39 is 11.6 Å². The van der Waals surface area contributed by atoms with Crippen molar-refractivity contribution in [3.8, 4) is 0 Å². The third kappa shape index (κ3) is 7.97. The zero-order chi connectivity index (χ0) is 25.6. The summed E-state index contributed by atoms with van der Waals surface area (Å²) in [4.78, 5) is 29.2. The minimum Gasteiger partial charge on any atom is -0.350 e. The minimum atomic E-state index is -0.662. The molecule has 4 nitrogen and oxygen atoms in total. The van der Waals surface area contributed by atoms with Gasteiger partial charge in [0.15, 0.2) is 0 Å². The molecule has 184 valence electrons. The molecule has 2 amide bonds. The summed E-state index contributed by atoms with van der Waals surface area (Å²) in [5, 5.41) is 3.73. The van der Waals surface area contributed by atoms with Gasteiger partial charge in [0.1, 0.15) is 6.04 Å². The van der Waals surface area contributed by atoms with Gasteiger partial charge in [-0.15, -0.1) is 0 Å². The van der Waals surface area contributed by atoms with Crippen LogP contribution in [0.3, 0.4) is 0 Å². The summed E-state index contributed by atoms with van der Waals surface area (Å²) in [6.45, 7) is 10.2. The summed E-state index contributed by atoms with van der Waals surface area (Å²) < 4.78 is 0. The van der Waals surface area contributed by atoms with Crippen molar-refractivity contribution in [3.05, 3.63) is 106 Å². The Morgan fingerprint density at radius 3 is 2.20 bits per heavy atom. The van der Waals surface area contributed by atoms with Crippen LogP contribution in [-0.4, -0.2) is 28.3 Å². The maximum atomic E-state index is 13.9. The lowest BCUT2D eigenvalue weighted by Crippen LogP contribution is -2.54. The zero-order valence-electron chi connectivity index (χ0n) is 21.3. The molecule has 5 heteroatoms. The Labute approximate surface area is 214 Å². The Morgan fingerprint density at radius 1 is 0.914 bits per heavy atom. The van der Waals surface area contributed by atoms with E-state index in [2.05, 4.69) is 11.4 Å². The first-order valence-electron chi connectivity index (χ1n) is 12.0. The molecule has 0 saturated carbocycles. The van der Waals surface area contributed by atoms with Crippen LogP contribution in [0.15, 0.2) is 72.8 Å². The van der Waals surface area contributed by atoms with Crippen LogP contribution in [0.5, 0.6) is 0 Å². The molecule has 0 heterocycles. The van der Waals surface area contributed by atoms with Crippen molar-refractivity contribution < 1.29 is 9.59 Å². The summed E-state index contributed by atoms with van der Waals surface area (Å²) >= 11 is 6.10. The van der Waals surface area contributed by atoms with E-state index >= 15 is 0 Å². The number of rotatable bonds is 8. The highest BCUT2D eigenvalue weighted by atomic mass is 35.5. The molecule has 1 N–H and O–H groups in total. The largest absolute Gasteiger partial charge is 0.350 e. The number of halogens is 1. The molecule has 1 atom stereocenters. The van der Waals surface area contributed by atoms with Crippen LogP contribution in [0.4, 0.5) is 0 Å². The Hall–Kier alpha value is -3.11. The summed E-state index contributed by atoms with van der Waals surface area (Å²) in [7, 11) is 0.